The molecule has 4 aromatic carbocycles. The second kappa shape index (κ2) is 9.41. The summed E-state index contributed by atoms with van der Waals surface area (Å²) in [6.07, 6.45) is 12.0. The molecule has 40 heavy (non-hydrogen) atoms. The molecule has 7 rings (SSSR count). The quantitative estimate of drug-likeness (QED) is 0.189. The minimum absolute atomic E-state index is 0.885. The van der Waals surface area contributed by atoms with Crippen LogP contribution in [0.2, 0.25) is 0 Å². The lowest BCUT2D eigenvalue weighted by Gasteiger charge is -2.12. The van der Waals surface area contributed by atoms with E-state index < -0.39 is 0 Å². The summed E-state index contributed by atoms with van der Waals surface area (Å²) >= 11 is 1.85. The highest BCUT2D eigenvalue weighted by Crippen LogP contribution is 2.50. The number of aromatic nitrogens is 2. The zero-order chi connectivity index (χ0) is 27.4. The van der Waals surface area contributed by atoms with E-state index in [0.717, 1.165) is 22.6 Å². The molecule has 0 N–H and O–H groups in total. The van der Waals surface area contributed by atoms with Crippen molar-refractivity contribution in [1.82, 2.24) is 9.13 Å². The molecule has 192 valence electrons. The van der Waals surface area contributed by atoms with Crippen LogP contribution in [0.15, 0.2) is 123 Å². The van der Waals surface area contributed by atoms with Crippen LogP contribution in [0.4, 0.5) is 0 Å². The highest BCUT2D eigenvalue weighted by molar-refractivity contribution is 7.27. The van der Waals surface area contributed by atoms with E-state index in [9.17, 15) is 0 Å². The Morgan fingerprint density at radius 3 is 2.27 bits per heavy atom. The fourth-order valence-corrected chi connectivity index (χ4v) is 7.42. The summed E-state index contributed by atoms with van der Waals surface area (Å²) in [5, 5.41) is 6.21. The van der Waals surface area contributed by atoms with E-state index in [4.69, 9.17) is 0 Å². The predicted octanol–water partition coefficient (Wildman–Crippen LogP) is 11.0. The Morgan fingerprint density at radius 1 is 0.800 bits per heavy atom. The first-order chi connectivity index (χ1) is 19.7. The van der Waals surface area contributed by atoms with Crippen molar-refractivity contribution in [3.8, 4) is 5.69 Å². The molecule has 0 radical (unpaired) electrons. The molecule has 0 amide bonds. The van der Waals surface area contributed by atoms with Crippen molar-refractivity contribution in [2.75, 3.05) is 0 Å². The molecule has 3 aromatic heterocycles. The summed E-state index contributed by atoms with van der Waals surface area (Å²) in [6.45, 7) is 14.8. The molecule has 0 unspecified atom stereocenters. The van der Waals surface area contributed by atoms with E-state index in [1.807, 2.05) is 29.6 Å². The van der Waals surface area contributed by atoms with E-state index >= 15 is 0 Å². The Morgan fingerprint density at radius 2 is 1.52 bits per heavy atom. The van der Waals surface area contributed by atoms with Crippen molar-refractivity contribution >= 4 is 82.1 Å². The molecule has 0 bridgehead atoms. The van der Waals surface area contributed by atoms with Gasteiger partial charge in [0.25, 0.3) is 0 Å². The fourth-order valence-electron chi connectivity index (χ4n) is 6.18. The van der Waals surface area contributed by atoms with Crippen molar-refractivity contribution in [3.63, 3.8) is 0 Å². The van der Waals surface area contributed by atoms with Gasteiger partial charge in [0.2, 0.25) is 0 Å². The van der Waals surface area contributed by atoms with Gasteiger partial charge in [-0.25, -0.2) is 0 Å². The second-order valence-electron chi connectivity index (χ2n) is 9.86. The molecule has 0 aliphatic rings. The van der Waals surface area contributed by atoms with Gasteiger partial charge in [0, 0.05) is 48.6 Å². The second-order valence-corrected chi connectivity index (χ2v) is 10.9. The minimum Gasteiger partial charge on any atom is -0.309 e. The molecular formula is C37H28N2S. The highest BCUT2D eigenvalue weighted by atomic mass is 32.1. The average Bonchev–Trinajstić information content (AvgIpc) is 3.64. The highest BCUT2D eigenvalue weighted by Gasteiger charge is 2.27. The number of para-hydroxylation sites is 2. The Hall–Kier alpha value is -4.86. The van der Waals surface area contributed by atoms with Gasteiger partial charge in [-0.3, -0.25) is 0 Å². The molecule has 0 atom stereocenters. The minimum atomic E-state index is 0.885. The van der Waals surface area contributed by atoms with Crippen molar-refractivity contribution in [2.45, 2.75) is 6.92 Å². The van der Waals surface area contributed by atoms with Crippen LogP contribution in [0.3, 0.4) is 0 Å². The lowest BCUT2D eigenvalue weighted by Crippen LogP contribution is -1.97. The third kappa shape index (κ3) is 3.28. The zero-order valence-corrected chi connectivity index (χ0v) is 23.2. The maximum absolute atomic E-state index is 4.52. The first-order valence-corrected chi connectivity index (χ1v) is 14.2. The van der Waals surface area contributed by atoms with Gasteiger partial charge in [-0.15, -0.1) is 11.3 Å². The van der Waals surface area contributed by atoms with Gasteiger partial charge in [0.1, 0.15) is 0 Å². The van der Waals surface area contributed by atoms with Crippen LogP contribution in [0.5, 0.6) is 0 Å². The predicted molar refractivity (Wildman–Crippen MR) is 179 cm³/mol. The number of hydrogen-bond donors (Lipinski definition) is 0. The first kappa shape index (κ1) is 24.2. The lowest BCUT2D eigenvalue weighted by molar-refractivity contribution is 1.16. The number of rotatable bonds is 6. The smallest absolute Gasteiger partial charge is 0.0727 e. The summed E-state index contributed by atoms with van der Waals surface area (Å²) in [5.41, 5.74) is 7.81. The Bertz CT molecular complexity index is 2210. The molecule has 0 fully saturated rings. The van der Waals surface area contributed by atoms with Crippen LogP contribution < -0.4 is 0 Å². The van der Waals surface area contributed by atoms with Gasteiger partial charge >= 0.3 is 0 Å². The van der Waals surface area contributed by atoms with Crippen molar-refractivity contribution in [2.24, 2.45) is 0 Å². The van der Waals surface area contributed by atoms with E-state index in [2.05, 4.69) is 127 Å². The van der Waals surface area contributed by atoms with Crippen molar-refractivity contribution in [1.29, 1.82) is 0 Å². The molecule has 0 aliphatic heterocycles. The molecule has 0 spiro atoms. The van der Waals surface area contributed by atoms with Crippen LogP contribution in [-0.2, 0) is 0 Å². The third-order valence-electron chi connectivity index (χ3n) is 7.67. The number of thiophene rings is 1. The number of fused-ring (bicyclic) bond motifs is 10. The maximum atomic E-state index is 4.52. The van der Waals surface area contributed by atoms with Crippen molar-refractivity contribution in [3.05, 3.63) is 134 Å². The SMILES string of the molecule is C=C/C=C\C(=C)n1c(/C=C\C)c(C=C)c2c3c4ccccc4n(-c4ccccc4)c3c3c4ccccc4sc3c21. The molecular weight excluding hydrogens is 504 g/mol. The topological polar surface area (TPSA) is 9.86 Å². The molecule has 0 saturated heterocycles. The summed E-state index contributed by atoms with van der Waals surface area (Å²) in [6, 6.07) is 28.2. The Balaban J connectivity index is 1.89. The average molecular weight is 533 g/mol. The number of hydrogen-bond acceptors (Lipinski definition) is 1. The van der Waals surface area contributed by atoms with Crippen molar-refractivity contribution < 1.29 is 0 Å². The van der Waals surface area contributed by atoms with Gasteiger partial charge in [0.05, 0.1) is 26.9 Å². The van der Waals surface area contributed by atoms with Crippen LogP contribution in [-0.4, -0.2) is 9.13 Å². The van der Waals surface area contributed by atoms with E-state index in [-0.39, 0.29) is 0 Å². The monoisotopic (exact) mass is 532 g/mol. The summed E-state index contributed by atoms with van der Waals surface area (Å²) in [7, 11) is 0. The van der Waals surface area contributed by atoms with Gasteiger partial charge in [0.15, 0.2) is 0 Å². The van der Waals surface area contributed by atoms with Gasteiger partial charge in [-0.1, -0.05) is 98.6 Å². The Labute approximate surface area is 237 Å². The largest absolute Gasteiger partial charge is 0.309 e. The Kier molecular flexibility index (Phi) is 5.69. The molecule has 3 heterocycles. The van der Waals surface area contributed by atoms with E-state index in [0.29, 0.717) is 0 Å². The maximum Gasteiger partial charge on any atom is 0.0727 e. The van der Waals surface area contributed by atoms with E-state index in [1.165, 1.54) is 52.9 Å². The van der Waals surface area contributed by atoms with Gasteiger partial charge in [-0.05, 0) is 43.3 Å². The van der Waals surface area contributed by atoms with Crippen LogP contribution in [0.1, 0.15) is 18.2 Å². The van der Waals surface area contributed by atoms with E-state index in [1.54, 1.807) is 6.08 Å². The molecule has 3 heteroatoms. The zero-order valence-electron chi connectivity index (χ0n) is 22.4. The number of benzene rings is 4. The van der Waals surface area contributed by atoms with Crippen LogP contribution >= 0.6 is 11.3 Å². The first-order valence-electron chi connectivity index (χ1n) is 13.4. The summed E-state index contributed by atoms with van der Waals surface area (Å²) < 4.78 is 7.26. The number of allylic oxidation sites excluding steroid dienone is 5. The molecule has 2 nitrogen and oxygen atoms in total. The molecule has 7 aromatic rings. The molecule has 0 aliphatic carbocycles. The number of nitrogens with zero attached hydrogens (tertiary/aromatic N) is 2. The van der Waals surface area contributed by atoms with Crippen LogP contribution in [0.25, 0.3) is 76.4 Å². The molecule has 0 saturated carbocycles. The summed E-state index contributed by atoms with van der Waals surface area (Å²) in [4.78, 5) is 0. The normalized spacial score (nSPS) is 12.2. The standard InChI is InChI=1S/C37H28N2S/c1-5-8-17-24(4)38-29(16-6-2)26(7-3)32-33-27-20-12-14-22-30(27)39(25-18-10-9-11-19-25)35(33)34-28-21-13-15-23-31(28)40-37(34)36(32)38/h5-23H,1,3-4H2,2H3/b16-6-,17-8-. The fraction of sp³-hybridized carbons (Fsp3) is 0.0270. The lowest BCUT2D eigenvalue weighted by atomic mass is 10.0. The summed E-state index contributed by atoms with van der Waals surface area (Å²) in [5.74, 6) is 0. The van der Waals surface area contributed by atoms with Gasteiger partial charge < -0.3 is 9.13 Å². The van der Waals surface area contributed by atoms with Gasteiger partial charge in [-0.2, -0.15) is 0 Å². The third-order valence-corrected chi connectivity index (χ3v) is 8.85. The van der Waals surface area contributed by atoms with Crippen LogP contribution in [0, 0.1) is 0 Å².